The van der Waals surface area contributed by atoms with Crippen LogP contribution in [0.5, 0.6) is 0 Å². The van der Waals surface area contributed by atoms with Crippen molar-refractivity contribution in [3.63, 3.8) is 0 Å². The van der Waals surface area contributed by atoms with Gasteiger partial charge in [0.25, 0.3) is 0 Å². The highest BCUT2D eigenvalue weighted by Gasteiger charge is 2.20. The van der Waals surface area contributed by atoms with E-state index in [9.17, 15) is 4.79 Å². The van der Waals surface area contributed by atoms with Gasteiger partial charge < -0.3 is 4.74 Å². The standard InChI is InChI=1S/C15H16O2S/c1-2-17-15(13-6-4-3-5-7-13)14(16)10-12-8-9-18-11-12/h3-9,11,15H,2,10H2,1H3. The number of benzene rings is 1. The molecule has 0 aliphatic heterocycles. The van der Waals surface area contributed by atoms with E-state index in [1.807, 2.05) is 54.1 Å². The average molecular weight is 260 g/mol. The summed E-state index contributed by atoms with van der Waals surface area (Å²) in [6.07, 6.45) is -0.0145. The summed E-state index contributed by atoms with van der Waals surface area (Å²) >= 11 is 1.61. The molecule has 0 aliphatic carbocycles. The largest absolute Gasteiger partial charge is 0.366 e. The molecule has 0 spiro atoms. The van der Waals surface area contributed by atoms with Crippen LogP contribution in [0, 0.1) is 0 Å². The van der Waals surface area contributed by atoms with E-state index in [1.54, 1.807) is 11.3 Å². The highest BCUT2D eigenvalue weighted by atomic mass is 32.1. The number of rotatable bonds is 6. The first-order chi connectivity index (χ1) is 8.81. The van der Waals surface area contributed by atoms with E-state index >= 15 is 0 Å². The van der Waals surface area contributed by atoms with Crippen molar-refractivity contribution in [1.82, 2.24) is 0 Å². The van der Waals surface area contributed by atoms with E-state index in [4.69, 9.17) is 4.74 Å². The number of thiophene rings is 1. The van der Waals surface area contributed by atoms with Crippen LogP contribution in [0.1, 0.15) is 24.2 Å². The molecule has 1 heterocycles. The SMILES string of the molecule is CCOC(C(=O)Cc1ccsc1)c1ccccc1. The van der Waals surface area contributed by atoms with Gasteiger partial charge in [-0.1, -0.05) is 30.3 Å². The summed E-state index contributed by atoms with van der Waals surface area (Å²) in [6.45, 7) is 2.45. The first-order valence-electron chi connectivity index (χ1n) is 6.01. The molecule has 0 amide bonds. The molecule has 1 atom stereocenters. The van der Waals surface area contributed by atoms with Gasteiger partial charge in [-0.05, 0) is 34.9 Å². The summed E-state index contributed by atoms with van der Waals surface area (Å²) in [5, 5.41) is 3.99. The number of Topliss-reactive ketones (excluding diaryl/α,β-unsaturated/α-hetero) is 1. The Balaban J connectivity index is 2.12. The lowest BCUT2D eigenvalue weighted by Crippen LogP contribution is -2.18. The zero-order valence-corrected chi connectivity index (χ0v) is 11.2. The van der Waals surface area contributed by atoms with Crippen molar-refractivity contribution in [2.75, 3.05) is 6.61 Å². The molecule has 0 N–H and O–H groups in total. The second-order valence-corrected chi connectivity index (χ2v) is 4.80. The van der Waals surface area contributed by atoms with Crippen LogP contribution < -0.4 is 0 Å². The normalized spacial score (nSPS) is 12.3. The number of carbonyl (C=O) groups excluding carboxylic acids is 1. The van der Waals surface area contributed by atoms with Crippen LogP contribution in [0.4, 0.5) is 0 Å². The zero-order chi connectivity index (χ0) is 12.8. The molecule has 18 heavy (non-hydrogen) atoms. The van der Waals surface area contributed by atoms with Crippen LogP contribution in [0.3, 0.4) is 0 Å². The Morgan fingerprint density at radius 3 is 2.67 bits per heavy atom. The third-order valence-corrected chi connectivity index (χ3v) is 3.42. The maximum atomic E-state index is 12.3. The monoisotopic (exact) mass is 260 g/mol. The van der Waals surface area contributed by atoms with Crippen LogP contribution in [-0.4, -0.2) is 12.4 Å². The predicted molar refractivity (Wildman–Crippen MR) is 73.8 cm³/mol. The maximum Gasteiger partial charge on any atom is 0.170 e. The number of hydrogen-bond acceptors (Lipinski definition) is 3. The molecule has 0 saturated carbocycles. The molecule has 0 bridgehead atoms. The number of ether oxygens (including phenoxy) is 1. The second-order valence-electron chi connectivity index (χ2n) is 4.02. The molecule has 2 aromatic rings. The fourth-order valence-electron chi connectivity index (χ4n) is 1.86. The van der Waals surface area contributed by atoms with Gasteiger partial charge >= 0.3 is 0 Å². The van der Waals surface area contributed by atoms with Gasteiger partial charge in [-0.2, -0.15) is 11.3 Å². The molecule has 0 radical (unpaired) electrons. The quantitative estimate of drug-likeness (QED) is 0.792. The van der Waals surface area contributed by atoms with E-state index in [1.165, 1.54) is 0 Å². The molecule has 0 saturated heterocycles. The highest BCUT2D eigenvalue weighted by molar-refractivity contribution is 7.08. The molecule has 1 aromatic heterocycles. The van der Waals surface area contributed by atoms with Crippen LogP contribution in [0.15, 0.2) is 47.2 Å². The molecule has 0 aliphatic rings. The first-order valence-corrected chi connectivity index (χ1v) is 6.96. The Kier molecular flexibility index (Phi) is 4.67. The summed E-state index contributed by atoms with van der Waals surface area (Å²) in [4.78, 5) is 12.3. The van der Waals surface area contributed by atoms with E-state index in [0.717, 1.165) is 11.1 Å². The predicted octanol–water partition coefficient (Wildman–Crippen LogP) is 3.64. The summed E-state index contributed by atoms with van der Waals surface area (Å²) in [7, 11) is 0. The minimum Gasteiger partial charge on any atom is -0.366 e. The smallest absolute Gasteiger partial charge is 0.170 e. The van der Waals surface area contributed by atoms with Gasteiger partial charge in [0, 0.05) is 13.0 Å². The first kappa shape index (κ1) is 13.0. The Bertz CT molecular complexity index is 476. The van der Waals surface area contributed by atoms with Crippen molar-refractivity contribution >= 4 is 17.1 Å². The third kappa shape index (κ3) is 3.28. The fourth-order valence-corrected chi connectivity index (χ4v) is 2.53. The van der Waals surface area contributed by atoms with E-state index < -0.39 is 6.10 Å². The van der Waals surface area contributed by atoms with E-state index in [-0.39, 0.29) is 5.78 Å². The van der Waals surface area contributed by atoms with Crippen LogP contribution in [0.25, 0.3) is 0 Å². The lowest BCUT2D eigenvalue weighted by molar-refractivity contribution is -0.130. The van der Waals surface area contributed by atoms with Gasteiger partial charge in [0.2, 0.25) is 0 Å². The summed E-state index contributed by atoms with van der Waals surface area (Å²) in [5.74, 6) is 0.112. The van der Waals surface area contributed by atoms with Crippen molar-refractivity contribution in [1.29, 1.82) is 0 Å². The zero-order valence-electron chi connectivity index (χ0n) is 10.3. The Morgan fingerprint density at radius 1 is 1.28 bits per heavy atom. The van der Waals surface area contributed by atoms with Crippen molar-refractivity contribution < 1.29 is 9.53 Å². The van der Waals surface area contributed by atoms with Gasteiger partial charge in [0.15, 0.2) is 5.78 Å². The van der Waals surface area contributed by atoms with Crippen molar-refractivity contribution in [3.8, 4) is 0 Å². The van der Waals surface area contributed by atoms with Crippen molar-refractivity contribution in [2.24, 2.45) is 0 Å². The molecule has 1 aromatic carbocycles. The summed E-state index contributed by atoms with van der Waals surface area (Å²) in [5.41, 5.74) is 1.99. The third-order valence-electron chi connectivity index (χ3n) is 2.69. The van der Waals surface area contributed by atoms with Gasteiger partial charge in [-0.3, -0.25) is 4.79 Å². The van der Waals surface area contributed by atoms with Crippen molar-refractivity contribution in [2.45, 2.75) is 19.4 Å². The number of hydrogen-bond donors (Lipinski definition) is 0. The lowest BCUT2D eigenvalue weighted by Gasteiger charge is -2.15. The molecule has 1 unspecified atom stereocenters. The summed E-state index contributed by atoms with van der Waals surface area (Å²) in [6, 6.07) is 11.7. The fraction of sp³-hybridized carbons (Fsp3) is 0.267. The van der Waals surface area contributed by atoms with Gasteiger partial charge in [0.05, 0.1) is 0 Å². The molecule has 94 valence electrons. The molecule has 0 fully saturated rings. The lowest BCUT2D eigenvalue weighted by atomic mass is 10.0. The number of ketones is 1. The topological polar surface area (TPSA) is 26.3 Å². The van der Waals surface area contributed by atoms with Crippen LogP contribution in [0.2, 0.25) is 0 Å². The van der Waals surface area contributed by atoms with Crippen molar-refractivity contribution in [3.05, 3.63) is 58.3 Å². The van der Waals surface area contributed by atoms with Crippen LogP contribution >= 0.6 is 11.3 Å². The van der Waals surface area contributed by atoms with E-state index in [0.29, 0.717) is 13.0 Å². The average Bonchev–Trinajstić information content (AvgIpc) is 2.89. The minimum absolute atomic E-state index is 0.112. The molecular formula is C15H16O2S. The van der Waals surface area contributed by atoms with Gasteiger partial charge in [-0.15, -0.1) is 0 Å². The van der Waals surface area contributed by atoms with Gasteiger partial charge in [0.1, 0.15) is 6.10 Å². The Morgan fingerprint density at radius 2 is 2.06 bits per heavy atom. The summed E-state index contributed by atoms with van der Waals surface area (Å²) < 4.78 is 5.59. The highest BCUT2D eigenvalue weighted by Crippen LogP contribution is 2.21. The van der Waals surface area contributed by atoms with Gasteiger partial charge in [-0.25, -0.2) is 0 Å². The minimum atomic E-state index is -0.448. The molecular weight excluding hydrogens is 244 g/mol. The Labute approximate surface area is 111 Å². The maximum absolute atomic E-state index is 12.3. The molecule has 3 heteroatoms. The Hall–Kier alpha value is -1.45. The van der Waals surface area contributed by atoms with E-state index in [2.05, 4.69) is 0 Å². The van der Waals surface area contributed by atoms with Crippen LogP contribution in [-0.2, 0) is 16.0 Å². The second kappa shape index (κ2) is 6.47. The molecule has 2 rings (SSSR count). The molecule has 2 nitrogen and oxygen atoms in total. The number of carbonyl (C=O) groups is 1.